The van der Waals surface area contributed by atoms with Gasteiger partial charge in [-0.15, -0.1) is 0 Å². The van der Waals surface area contributed by atoms with Gasteiger partial charge in [-0.3, -0.25) is 4.79 Å². The molecule has 1 heterocycles. The van der Waals surface area contributed by atoms with Crippen molar-refractivity contribution in [3.05, 3.63) is 34.2 Å². The van der Waals surface area contributed by atoms with Gasteiger partial charge in [0.05, 0.1) is 14.2 Å². The van der Waals surface area contributed by atoms with E-state index in [4.69, 9.17) is 18.6 Å². The molecule has 2 aromatic rings. The predicted molar refractivity (Wildman–Crippen MR) is 71.1 cm³/mol. The van der Waals surface area contributed by atoms with E-state index in [1.807, 2.05) is 0 Å². The van der Waals surface area contributed by atoms with Gasteiger partial charge in [0.2, 0.25) is 5.75 Å². The summed E-state index contributed by atoms with van der Waals surface area (Å²) >= 11 is 0. The minimum Gasteiger partial charge on any atom is -0.493 e. The van der Waals surface area contributed by atoms with Gasteiger partial charge in [0.15, 0.2) is 11.3 Å². The van der Waals surface area contributed by atoms with Gasteiger partial charge in [-0.25, -0.2) is 4.79 Å². The largest absolute Gasteiger partial charge is 0.493 e. The fourth-order valence-corrected chi connectivity index (χ4v) is 1.90. The molecule has 0 atom stereocenters. The van der Waals surface area contributed by atoms with E-state index in [0.717, 1.165) is 0 Å². The minimum atomic E-state index is -0.498. The number of benzene rings is 1. The number of hydrogen-bond acceptors (Lipinski definition) is 6. The number of ether oxygens (including phenoxy) is 3. The molecule has 0 N–H and O–H groups in total. The molecule has 106 valence electrons. The first kappa shape index (κ1) is 13.9. The smallest absolute Gasteiger partial charge is 0.336 e. The zero-order valence-electron chi connectivity index (χ0n) is 11.4. The Morgan fingerprint density at radius 1 is 1.25 bits per heavy atom. The number of methoxy groups -OCH3 is 2. The lowest BCUT2D eigenvalue weighted by atomic mass is 10.1. The van der Waals surface area contributed by atoms with E-state index >= 15 is 0 Å². The first-order valence-corrected chi connectivity index (χ1v) is 5.88. The lowest BCUT2D eigenvalue weighted by Gasteiger charge is -2.13. The van der Waals surface area contributed by atoms with Gasteiger partial charge in [-0.05, 0) is 12.1 Å². The molecule has 6 heteroatoms. The molecule has 0 aliphatic carbocycles. The molecule has 1 aromatic heterocycles. The monoisotopic (exact) mass is 278 g/mol. The van der Waals surface area contributed by atoms with E-state index in [0.29, 0.717) is 22.4 Å². The zero-order chi connectivity index (χ0) is 14.7. The molecule has 6 nitrogen and oxygen atoms in total. The maximum Gasteiger partial charge on any atom is 0.336 e. The molecule has 2 rings (SSSR count). The van der Waals surface area contributed by atoms with Crippen molar-refractivity contribution in [3.63, 3.8) is 0 Å². The zero-order valence-corrected chi connectivity index (χ0v) is 11.4. The third-order valence-corrected chi connectivity index (χ3v) is 2.77. The van der Waals surface area contributed by atoms with Gasteiger partial charge in [0, 0.05) is 23.9 Å². The number of carbonyl (C=O) groups is 1. The van der Waals surface area contributed by atoms with Crippen molar-refractivity contribution in [2.45, 2.75) is 13.5 Å². The SMILES string of the molecule is COc1cc(COC(C)=O)c2ccc(=O)oc2c1OC. The highest BCUT2D eigenvalue weighted by molar-refractivity contribution is 5.88. The van der Waals surface area contributed by atoms with E-state index in [9.17, 15) is 9.59 Å². The Labute approximate surface area is 114 Å². The molecule has 0 bridgehead atoms. The molecule has 0 saturated heterocycles. The standard InChI is InChI=1S/C14H14O6/c1-8(15)19-7-9-6-11(17-2)14(18-3)13-10(9)4-5-12(16)20-13/h4-6H,7H2,1-3H3. The summed E-state index contributed by atoms with van der Waals surface area (Å²) in [4.78, 5) is 22.3. The summed E-state index contributed by atoms with van der Waals surface area (Å²) in [5.74, 6) is 0.327. The normalized spacial score (nSPS) is 10.3. The highest BCUT2D eigenvalue weighted by atomic mass is 16.5. The molecule has 0 spiro atoms. The molecule has 0 unspecified atom stereocenters. The van der Waals surface area contributed by atoms with Gasteiger partial charge in [-0.2, -0.15) is 0 Å². The van der Waals surface area contributed by atoms with Crippen molar-refractivity contribution in [2.24, 2.45) is 0 Å². The summed E-state index contributed by atoms with van der Waals surface area (Å²) in [5.41, 5.74) is 0.431. The second kappa shape index (κ2) is 5.64. The van der Waals surface area contributed by atoms with Crippen molar-refractivity contribution < 1.29 is 23.4 Å². The molecule has 0 amide bonds. The Balaban J connectivity index is 2.68. The van der Waals surface area contributed by atoms with Crippen LogP contribution in [0.5, 0.6) is 11.5 Å². The number of carbonyl (C=O) groups excluding carboxylic acids is 1. The van der Waals surface area contributed by atoms with E-state index < -0.39 is 11.6 Å². The van der Waals surface area contributed by atoms with Crippen molar-refractivity contribution in [2.75, 3.05) is 14.2 Å². The number of fused-ring (bicyclic) bond motifs is 1. The molecule has 0 radical (unpaired) electrons. The second-order valence-corrected chi connectivity index (χ2v) is 4.05. The first-order chi connectivity index (χ1) is 9.56. The molecule has 20 heavy (non-hydrogen) atoms. The van der Waals surface area contributed by atoms with Crippen LogP contribution in [-0.4, -0.2) is 20.2 Å². The topological polar surface area (TPSA) is 75.0 Å². The minimum absolute atomic E-state index is 0.0555. The third kappa shape index (κ3) is 2.59. The second-order valence-electron chi connectivity index (χ2n) is 4.05. The fraction of sp³-hybridized carbons (Fsp3) is 0.286. The average molecular weight is 278 g/mol. The summed E-state index contributed by atoms with van der Waals surface area (Å²) in [6.07, 6.45) is 0. The van der Waals surface area contributed by atoms with Crippen LogP contribution in [0.25, 0.3) is 11.0 Å². The summed E-state index contributed by atoms with van der Waals surface area (Å²) in [5, 5.41) is 0.628. The lowest BCUT2D eigenvalue weighted by molar-refractivity contribution is -0.142. The Morgan fingerprint density at radius 3 is 2.60 bits per heavy atom. The third-order valence-electron chi connectivity index (χ3n) is 2.77. The van der Waals surface area contributed by atoms with Gasteiger partial charge >= 0.3 is 11.6 Å². The van der Waals surface area contributed by atoms with Crippen molar-refractivity contribution in [1.82, 2.24) is 0 Å². The van der Waals surface area contributed by atoms with Gasteiger partial charge in [0.1, 0.15) is 6.61 Å². The molecule has 0 aliphatic rings. The number of hydrogen-bond donors (Lipinski definition) is 0. The molecule has 0 fully saturated rings. The fourth-order valence-electron chi connectivity index (χ4n) is 1.90. The Kier molecular flexibility index (Phi) is 3.93. The number of rotatable bonds is 4. The summed E-state index contributed by atoms with van der Waals surface area (Å²) < 4.78 is 20.6. The van der Waals surface area contributed by atoms with E-state index in [-0.39, 0.29) is 12.2 Å². The molecular weight excluding hydrogens is 264 g/mol. The van der Waals surface area contributed by atoms with Crippen LogP contribution in [0, 0.1) is 0 Å². The van der Waals surface area contributed by atoms with Crippen LogP contribution in [0.4, 0.5) is 0 Å². The maximum absolute atomic E-state index is 11.4. The molecular formula is C14H14O6. The summed E-state index contributed by atoms with van der Waals surface area (Å²) in [6.45, 7) is 1.38. The van der Waals surface area contributed by atoms with Crippen LogP contribution in [0.2, 0.25) is 0 Å². The molecule has 0 saturated carbocycles. The first-order valence-electron chi connectivity index (χ1n) is 5.88. The number of esters is 1. The van der Waals surface area contributed by atoms with Gasteiger partial charge in [-0.1, -0.05) is 0 Å². The molecule has 1 aromatic carbocycles. The maximum atomic E-state index is 11.4. The van der Waals surface area contributed by atoms with Crippen molar-refractivity contribution >= 4 is 16.9 Å². The van der Waals surface area contributed by atoms with E-state index in [2.05, 4.69) is 0 Å². The van der Waals surface area contributed by atoms with Gasteiger partial charge in [0.25, 0.3) is 0 Å². The molecule has 0 aliphatic heterocycles. The van der Waals surface area contributed by atoms with E-state index in [1.165, 1.54) is 27.2 Å². The Bertz CT molecular complexity index is 701. The quantitative estimate of drug-likeness (QED) is 0.628. The summed E-state index contributed by atoms with van der Waals surface area (Å²) in [7, 11) is 2.93. The predicted octanol–water partition coefficient (Wildman–Crippen LogP) is 1.87. The van der Waals surface area contributed by atoms with Crippen LogP contribution in [-0.2, 0) is 16.1 Å². The van der Waals surface area contributed by atoms with Crippen LogP contribution >= 0.6 is 0 Å². The Hall–Kier alpha value is -2.50. The van der Waals surface area contributed by atoms with Crippen LogP contribution in [0.15, 0.2) is 27.4 Å². The van der Waals surface area contributed by atoms with Crippen LogP contribution in [0.1, 0.15) is 12.5 Å². The average Bonchev–Trinajstić information content (AvgIpc) is 2.43. The van der Waals surface area contributed by atoms with Crippen LogP contribution in [0.3, 0.4) is 0 Å². The Morgan fingerprint density at radius 2 is 2.00 bits per heavy atom. The highest BCUT2D eigenvalue weighted by Crippen LogP contribution is 2.37. The summed E-state index contributed by atoms with van der Waals surface area (Å²) in [6, 6.07) is 4.58. The van der Waals surface area contributed by atoms with Crippen LogP contribution < -0.4 is 15.1 Å². The lowest BCUT2D eigenvalue weighted by Crippen LogP contribution is -2.03. The van der Waals surface area contributed by atoms with Crippen molar-refractivity contribution in [1.29, 1.82) is 0 Å². The van der Waals surface area contributed by atoms with Gasteiger partial charge < -0.3 is 18.6 Å². The highest BCUT2D eigenvalue weighted by Gasteiger charge is 2.16. The van der Waals surface area contributed by atoms with Crippen molar-refractivity contribution in [3.8, 4) is 11.5 Å². The van der Waals surface area contributed by atoms with E-state index in [1.54, 1.807) is 12.1 Å².